The van der Waals surface area contributed by atoms with Gasteiger partial charge in [0.05, 0.1) is 21.3 Å². The zero-order valence-corrected chi connectivity index (χ0v) is 17.8. The molecule has 1 amide bonds. The zero-order chi connectivity index (χ0) is 25.6. The molecule has 0 aromatic heterocycles. The van der Waals surface area contributed by atoms with E-state index < -0.39 is 51.2 Å². The molecule has 0 spiro atoms. The lowest BCUT2D eigenvalue weighted by Crippen LogP contribution is -2.50. The Morgan fingerprint density at radius 2 is 1.21 bits per heavy atom. The normalized spacial score (nSPS) is 12.6. The molecule has 0 saturated carbocycles. The van der Waals surface area contributed by atoms with Crippen LogP contribution < -0.4 is 5.32 Å². The van der Waals surface area contributed by atoms with Gasteiger partial charge in [-0.05, 0) is 35.0 Å². The lowest BCUT2D eigenvalue weighted by Gasteiger charge is -2.30. The van der Waals surface area contributed by atoms with Crippen LogP contribution in [0.15, 0.2) is 48.5 Å². The summed E-state index contributed by atoms with van der Waals surface area (Å²) in [5.74, 6) is -2.23. The molecule has 0 radical (unpaired) electrons. The van der Waals surface area contributed by atoms with E-state index in [1.807, 2.05) is 0 Å². The molecule has 2 N–H and O–H groups in total. The van der Waals surface area contributed by atoms with Gasteiger partial charge in [0.2, 0.25) is 0 Å². The second-order valence-corrected chi connectivity index (χ2v) is 7.75. The number of carbonyl (C=O) groups is 2. The minimum atomic E-state index is -6.38. The third-order valence-electron chi connectivity index (χ3n) is 4.86. The molecule has 4 nitrogen and oxygen atoms in total. The topological polar surface area (TPSA) is 66.4 Å². The number of hydrogen-bond donors (Lipinski definition) is 2. The first-order valence-corrected chi connectivity index (χ1v) is 9.73. The van der Waals surface area contributed by atoms with Gasteiger partial charge in [0, 0.05) is 11.1 Å². The molecule has 3 aromatic rings. The van der Waals surface area contributed by atoms with E-state index in [1.54, 1.807) is 0 Å². The average Bonchev–Trinajstić information content (AvgIpc) is 2.72. The SMILES string of the molecule is O=C(O)c1ccc(C(=O)Nc2c(Cl)cc(C(F)(C(F)(F)F)C(F)(F)F)cc2Cl)c2ccccc12. The maximum absolute atomic E-state index is 14.3. The van der Waals surface area contributed by atoms with E-state index in [4.69, 9.17) is 23.2 Å². The van der Waals surface area contributed by atoms with Gasteiger partial charge in [0.25, 0.3) is 5.91 Å². The fourth-order valence-corrected chi connectivity index (χ4v) is 3.83. The van der Waals surface area contributed by atoms with Gasteiger partial charge in [-0.2, -0.15) is 26.3 Å². The van der Waals surface area contributed by atoms with Gasteiger partial charge in [-0.15, -0.1) is 0 Å². The summed E-state index contributed by atoms with van der Waals surface area (Å²) in [6.07, 6.45) is -12.8. The molecule has 0 aliphatic heterocycles. The molecule has 0 unspecified atom stereocenters. The number of benzene rings is 3. The molecule has 13 heteroatoms. The molecule has 0 fully saturated rings. The Morgan fingerprint density at radius 3 is 1.65 bits per heavy atom. The second-order valence-electron chi connectivity index (χ2n) is 6.93. The van der Waals surface area contributed by atoms with Crippen molar-refractivity contribution in [3.8, 4) is 0 Å². The van der Waals surface area contributed by atoms with Crippen molar-refractivity contribution < 1.29 is 45.4 Å². The van der Waals surface area contributed by atoms with Crippen molar-refractivity contribution in [3.63, 3.8) is 0 Å². The monoisotopic (exact) mass is 527 g/mol. The number of carboxylic acids is 1. The first-order chi connectivity index (χ1) is 15.6. The van der Waals surface area contributed by atoms with E-state index in [0.717, 1.165) is 12.1 Å². The van der Waals surface area contributed by atoms with Crippen LogP contribution in [0.5, 0.6) is 0 Å². The Balaban J connectivity index is 2.07. The van der Waals surface area contributed by atoms with E-state index in [9.17, 15) is 45.4 Å². The lowest BCUT2D eigenvalue weighted by molar-refractivity contribution is -0.348. The Bertz CT molecular complexity index is 1270. The molecular formula is C21H10Cl2F7NO3. The van der Waals surface area contributed by atoms with Gasteiger partial charge in [0.1, 0.15) is 0 Å². The van der Waals surface area contributed by atoms with Crippen molar-refractivity contribution in [1.29, 1.82) is 0 Å². The molecule has 0 bridgehead atoms. The maximum Gasteiger partial charge on any atom is 0.435 e. The molecule has 0 aliphatic carbocycles. The summed E-state index contributed by atoms with van der Waals surface area (Å²) in [6.45, 7) is 0. The summed E-state index contributed by atoms with van der Waals surface area (Å²) in [4.78, 5) is 24.2. The highest BCUT2D eigenvalue weighted by molar-refractivity contribution is 6.40. The van der Waals surface area contributed by atoms with Gasteiger partial charge in [0.15, 0.2) is 0 Å². The molecular weight excluding hydrogens is 518 g/mol. The van der Waals surface area contributed by atoms with Crippen LogP contribution in [0.3, 0.4) is 0 Å². The van der Waals surface area contributed by atoms with Crippen LogP contribution in [0.2, 0.25) is 10.0 Å². The van der Waals surface area contributed by atoms with Crippen LogP contribution >= 0.6 is 23.2 Å². The first kappa shape index (κ1) is 25.6. The highest BCUT2D eigenvalue weighted by atomic mass is 35.5. The summed E-state index contributed by atoms with van der Waals surface area (Å²) in [7, 11) is 0. The smallest absolute Gasteiger partial charge is 0.435 e. The average molecular weight is 528 g/mol. The van der Waals surface area contributed by atoms with Crippen LogP contribution in [0, 0.1) is 0 Å². The molecule has 3 aromatic carbocycles. The molecule has 0 aliphatic rings. The van der Waals surface area contributed by atoms with Crippen molar-refractivity contribution >= 4 is 51.5 Å². The summed E-state index contributed by atoms with van der Waals surface area (Å²) >= 11 is 11.6. The number of aromatic carboxylic acids is 1. The van der Waals surface area contributed by atoms with Crippen LogP contribution in [-0.4, -0.2) is 29.3 Å². The number of hydrogen-bond acceptors (Lipinski definition) is 2. The molecule has 0 heterocycles. The number of carbonyl (C=O) groups excluding carboxylic acids is 1. The first-order valence-electron chi connectivity index (χ1n) is 8.98. The number of alkyl halides is 7. The predicted octanol–water partition coefficient (Wildman–Crippen LogP) is 7.39. The van der Waals surface area contributed by atoms with E-state index in [0.29, 0.717) is 0 Å². The highest BCUT2D eigenvalue weighted by Gasteiger charge is 2.73. The minimum Gasteiger partial charge on any atom is -0.478 e. The van der Waals surface area contributed by atoms with Crippen molar-refractivity contribution in [1.82, 2.24) is 0 Å². The number of amides is 1. The fourth-order valence-electron chi connectivity index (χ4n) is 3.24. The Hall–Kier alpha value is -3.05. The Morgan fingerprint density at radius 1 is 0.765 bits per heavy atom. The van der Waals surface area contributed by atoms with E-state index >= 15 is 0 Å². The van der Waals surface area contributed by atoms with E-state index in [-0.39, 0.29) is 34.0 Å². The quantitative estimate of drug-likeness (QED) is 0.347. The molecule has 180 valence electrons. The van der Waals surface area contributed by atoms with Gasteiger partial charge in [-0.1, -0.05) is 47.5 Å². The van der Waals surface area contributed by atoms with Crippen LogP contribution in [0.4, 0.5) is 36.4 Å². The second kappa shape index (κ2) is 8.62. The van der Waals surface area contributed by atoms with Crippen LogP contribution in [0.1, 0.15) is 26.3 Å². The van der Waals surface area contributed by atoms with Crippen LogP contribution in [-0.2, 0) is 5.67 Å². The predicted molar refractivity (Wildman–Crippen MR) is 110 cm³/mol. The Labute approximate surface area is 195 Å². The van der Waals surface area contributed by atoms with Crippen molar-refractivity contribution in [2.45, 2.75) is 18.0 Å². The van der Waals surface area contributed by atoms with Gasteiger partial charge in [-0.25, -0.2) is 9.18 Å². The van der Waals surface area contributed by atoms with E-state index in [1.165, 1.54) is 24.3 Å². The largest absolute Gasteiger partial charge is 0.478 e. The summed E-state index contributed by atoms with van der Waals surface area (Å²) in [6, 6.07) is 8.30. The summed E-state index contributed by atoms with van der Waals surface area (Å²) < 4.78 is 92.5. The van der Waals surface area contributed by atoms with Crippen molar-refractivity contribution in [3.05, 3.63) is 75.3 Å². The van der Waals surface area contributed by atoms with Crippen LogP contribution in [0.25, 0.3) is 10.8 Å². The van der Waals surface area contributed by atoms with Crippen molar-refractivity contribution in [2.24, 2.45) is 0 Å². The van der Waals surface area contributed by atoms with Gasteiger partial charge in [-0.3, -0.25) is 4.79 Å². The molecule has 3 rings (SSSR count). The molecule has 0 saturated heterocycles. The van der Waals surface area contributed by atoms with E-state index in [2.05, 4.69) is 5.32 Å². The highest BCUT2D eigenvalue weighted by Crippen LogP contribution is 2.54. The molecule has 34 heavy (non-hydrogen) atoms. The number of carboxylic acid groups (broad SMARTS) is 1. The van der Waals surface area contributed by atoms with Gasteiger partial charge >= 0.3 is 24.0 Å². The zero-order valence-electron chi connectivity index (χ0n) is 16.3. The Kier molecular flexibility index (Phi) is 6.49. The number of rotatable bonds is 4. The third-order valence-corrected chi connectivity index (χ3v) is 5.45. The van der Waals surface area contributed by atoms with Crippen molar-refractivity contribution in [2.75, 3.05) is 5.32 Å². The fraction of sp³-hybridized carbons (Fsp3) is 0.143. The number of halogens is 9. The lowest BCUT2D eigenvalue weighted by atomic mass is 9.94. The summed E-state index contributed by atoms with van der Waals surface area (Å²) in [5.41, 5.74) is -8.47. The number of anilines is 1. The summed E-state index contributed by atoms with van der Waals surface area (Å²) in [5, 5.41) is 10.0. The standard InChI is InChI=1S/C21H10Cl2F7NO3/c22-14-7-9(19(24,20(25,26)27)21(28,29)30)8-15(23)16(14)31-17(32)12-5-6-13(18(33)34)11-4-2-1-3-10(11)12/h1-8H,(H,31,32)(H,33,34). The number of nitrogens with one attached hydrogen (secondary N) is 1. The van der Waals surface area contributed by atoms with Gasteiger partial charge < -0.3 is 10.4 Å². The molecule has 0 atom stereocenters. The third kappa shape index (κ3) is 4.25. The number of fused-ring (bicyclic) bond motifs is 1. The minimum absolute atomic E-state index is 0.0651. The maximum atomic E-state index is 14.3.